The summed E-state index contributed by atoms with van der Waals surface area (Å²) in [7, 11) is 4.62. The van der Waals surface area contributed by atoms with Crippen LogP contribution in [0.15, 0.2) is 54.1 Å². The van der Waals surface area contributed by atoms with Crippen molar-refractivity contribution in [2.75, 3.05) is 21.3 Å². The maximum atomic E-state index is 11.9. The van der Waals surface area contributed by atoms with E-state index in [1.165, 1.54) is 7.11 Å². The van der Waals surface area contributed by atoms with Crippen LogP contribution < -0.4 is 9.47 Å². The summed E-state index contributed by atoms with van der Waals surface area (Å²) in [6, 6.07) is 15.3. The molecule has 0 heterocycles. The first kappa shape index (κ1) is 21.2. The maximum Gasteiger partial charge on any atom is 0.305 e. The number of carbonyl (C=O) groups excluding carboxylic acids is 2. The summed E-state index contributed by atoms with van der Waals surface area (Å²) in [5.41, 5.74) is 3.43. The smallest absolute Gasteiger partial charge is 0.305 e. The van der Waals surface area contributed by atoms with Crippen molar-refractivity contribution in [1.29, 1.82) is 0 Å². The van der Waals surface area contributed by atoms with E-state index in [4.69, 9.17) is 9.47 Å². The molecule has 0 spiro atoms. The van der Waals surface area contributed by atoms with Crippen LogP contribution in [-0.4, -0.2) is 33.6 Å². The van der Waals surface area contributed by atoms with E-state index in [1.54, 1.807) is 14.2 Å². The first-order valence-corrected chi connectivity index (χ1v) is 9.17. The second-order valence-corrected chi connectivity index (χ2v) is 6.26. The van der Waals surface area contributed by atoms with Gasteiger partial charge in [-0.25, -0.2) is 0 Å². The molecule has 0 aliphatic heterocycles. The predicted octanol–water partition coefficient (Wildman–Crippen LogP) is 4.44. The lowest BCUT2D eigenvalue weighted by Gasteiger charge is -2.14. The molecule has 28 heavy (non-hydrogen) atoms. The SMILES string of the molecule is COC(=O)CCCCC(C=O)=C(c1ccc(OC)cc1)c1ccc(OC)cc1. The van der Waals surface area contributed by atoms with Crippen LogP contribution >= 0.6 is 0 Å². The number of unbranched alkanes of at least 4 members (excludes halogenated alkanes) is 1. The topological polar surface area (TPSA) is 61.8 Å². The molecule has 0 fully saturated rings. The van der Waals surface area contributed by atoms with E-state index in [0.717, 1.165) is 40.9 Å². The summed E-state index contributed by atoms with van der Waals surface area (Å²) in [5.74, 6) is 1.27. The molecule has 0 bridgehead atoms. The summed E-state index contributed by atoms with van der Waals surface area (Å²) in [6.45, 7) is 0. The number of aldehydes is 1. The van der Waals surface area contributed by atoms with E-state index in [9.17, 15) is 9.59 Å². The summed E-state index contributed by atoms with van der Waals surface area (Å²) in [5, 5.41) is 0. The van der Waals surface area contributed by atoms with Crippen LogP contribution in [0.5, 0.6) is 11.5 Å². The Bertz CT molecular complexity index is 754. The fraction of sp³-hybridized carbons (Fsp3) is 0.304. The molecule has 0 unspecified atom stereocenters. The summed E-state index contributed by atoms with van der Waals surface area (Å²) in [4.78, 5) is 23.2. The number of ether oxygens (including phenoxy) is 3. The van der Waals surface area contributed by atoms with Crippen LogP contribution in [0.1, 0.15) is 36.8 Å². The van der Waals surface area contributed by atoms with Crippen LogP contribution in [-0.2, 0) is 14.3 Å². The highest BCUT2D eigenvalue weighted by Gasteiger charge is 2.13. The Hall–Kier alpha value is -3.08. The van der Waals surface area contributed by atoms with Gasteiger partial charge in [-0.2, -0.15) is 0 Å². The van der Waals surface area contributed by atoms with Crippen molar-refractivity contribution in [1.82, 2.24) is 0 Å². The van der Waals surface area contributed by atoms with E-state index < -0.39 is 0 Å². The van der Waals surface area contributed by atoms with Gasteiger partial charge in [-0.1, -0.05) is 24.3 Å². The molecule has 148 valence electrons. The zero-order chi connectivity index (χ0) is 20.4. The van der Waals surface area contributed by atoms with Crippen LogP contribution in [0, 0.1) is 0 Å². The number of esters is 1. The summed E-state index contributed by atoms with van der Waals surface area (Å²) in [6.07, 6.45) is 3.22. The molecular weight excluding hydrogens is 356 g/mol. The van der Waals surface area contributed by atoms with Crippen LogP contribution in [0.25, 0.3) is 5.57 Å². The van der Waals surface area contributed by atoms with Crippen molar-refractivity contribution in [2.45, 2.75) is 25.7 Å². The summed E-state index contributed by atoms with van der Waals surface area (Å²) >= 11 is 0. The Morgan fingerprint density at radius 1 is 0.786 bits per heavy atom. The standard InChI is InChI=1S/C23H26O5/c1-26-20-12-8-17(9-13-20)23(18-10-14-21(27-2)15-11-18)19(16-24)6-4-5-7-22(25)28-3/h8-16H,4-7H2,1-3H3. The Morgan fingerprint density at radius 3 is 1.64 bits per heavy atom. The van der Waals surface area contributed by atoms with Crippen molar-refractivity contribution in [2.24, 2.45) is 0 Å². The van der Waals surface area contributed by atoms with Gasteiger partial charge in [0, 0.05) is 12.0 Å². The largest absolute Gasteiger partial charge is 0.497 e. The number of rotatable bonds is 10. The molecule has 0 aliphatic rings. The molecule has 0 saturated heterocycles. The van der Waals surface area contributed by atoms with Crippen molar-refractivity contribution < 1.29 is 23.8 Å². The van der Waals surface area contributed by atoms with Gasteiger partial charge in [0.15, 0.2) is 0 Å². The average Bonchev–Trinajstić information content (AvgIpc) is 2.76. The van der Waals surface area contributed by atoms with Gasteiger partial charge in [0.05, 0.1) is 21.3 Å². The number of allylic oxidation sites excluding steroid dienone is 1. The first-order valence-electron chi connectivity index (χ1n) is 9.17. The van der Waals surface area contributed by atoms with Gasteiger partial charge in [0.2, 0.25) is 0 Å². The minimum atomic E-state index is -0.234. The van der Waals surface area contributed by atoms with Crippen LogP contribution in [0.4, 0.5) is 0 Å². The lowest BCUT2D eigenvalue weighted by atomic mass is 9.91. The second-order valence-electron chi connectivity index (χ2n) is 6.26. The number of benzene rings is 2. The molecule has 5 heteroatoms. The first-order chi connectivity index (χ1) is 13.6. The third-order valence-corrected chi connectivity index (χ3v) is 4.53. The lowest BCUT2D eigenvalue weighted by molar-refractivity contribution is -0.140. The number of carbonyl (C=O) groups is 2. The Balaban J connectivity index is 2.36. The number of hydrogen-bond acceptors (Lipinski definition) is 5. The van der Waals surface area contributed by atoms with Gasteiger partial charge >= 0.3 is 5.97 Å². The van der Waals surface area contributed by atoms with E-state index in [0.29, 0.717) is 24.8 Å². The zero-order valence-electron chi connectivity index (χ0n) is 16.6. The minimum absolute atomic E-state index is 0.234. The van der Waals surface area contributed by atoms with Gasteiger partial charge in [0.1, 0.15) is 17.8 Å². The minimum Gasteiger partial charge on any atom is -0.497 e. The Kier molecular flexibility index (Phi) is 8.28. The molecule has 2 rings (SSSR count). The molecule has 0 aromatic heterocycles. The Morgan fingerprint density at radius 2 is 1.25 bits per heavy atom. The molecule has 0 atom stereocenters. The van der Waals surface area contributed by atoms with Crippen LogP contribution in [0.3, 0.4) is 0 Å². The third-order valence-electron chi connectivity index (χ3n) is 4.53. The second kappa shape index (κ2) is 10.9. The normalized spacial score (nSPS) is 10.1. The van der Waals surface area contributed by atoms with E-state index in [-0.39, 0.29) is 5.97 Å². The van der Waals surface area contributed by atoms with E-state index in [2.05, 4.69) is 4.74 Å². The maximum absolute atomic E-state index is 11.9. The molecule has 0 radical (unpaired) electrons. The molecule has 0 N–H and O–H groups in total. The zero-order valence-corrected chi connectivity index (χ0v) is 16.6. The van der Waals surface area contributed by atoms with Gasteiger partial charge < -0.3 is 14.2 Å². The van der Waals surface area contributed by atoms with Gasteiger partial charge in [0.25, 0.3) is 0 Å². The molecular formula is C23H26O5. The number of hydrogen-bond donors (Lipinski definition) is 0. The fourth-order valence-electron chi connectivity index (χ4n) is 2.98. The highest BCUT2D eigenvalue weighted by Crippen LogP contribution is 2.31. The van der Waals surface area contributed by atoms with E-state index in [1.807, 2.05) is 48.5 Å². The molecule has 2 aromatic rings. The average molecular weight is 382 g/mol. The van der Waals surface area contributed by atoms with Crippen molar-refractivity contribution >= 4 is 17.8 Å². The van der Waals surface area contributed by atoms with Crippen molar-refractivity contribution in [3.05, 3.63) is 65.2 Å². The van der Waals surface area contributed by atoms with Gasteiger partial charge in [-0.05, 0) is 60.2 Å². The quantitative estimate of drug-likeness (QED) is 0.263. The monoisotopic (exact) mass is 382 g/mol. The molecule has 2 aromatic carbocycles. The Labute approximate surface area is 165 Å². The van der Waals surface area contributed by atoms with Crippen molar-refractivity contribution in [3.8, 4) is 11.5 Å². The molecule has 0 amide bonds. The lowest BCUT2D eigenvalue weighted by Crippen LogP contribution is -2.01. The summed E-state index contributed by atoms with van der Waals surface area (Å²) < 4.78 is 15.1. The van der Waals surface area contributed by atoms with E-state index >= 15 is 0 Å². The molecule has 0 saturated carbocycles. The van der Waals surface area contributed by atoms with Gasteiger partial charge in [-0.3, -0.25) is 9.59 Å². The van der Waals surface area contributed by atoms with Gasteiger partial charge in [-0.15, -0.1) is 0 Å². The number of methoxy groups -OCH3 is 3. The third kappa shape index (κ3) is 5.71. The molecule has 0 aliphatic carbocycles. The fourth-order valence-corrected chi connectivity index (χ4v) is 2.98. The van der Waals surface area contributed by atoms with Crippen molar-refractivity contribution in [3.63, 3.8) is 0 Å². The highest BCUT2D eigenvalue weighted by atomic mass is 16.5. The highest BCUT2D eigenvalue weighted by molar-refractivity contribution is 5.95. The molecule has 5 nitrogen and oxygen atoms in total. The predicted molar refractivity (Wildman–Crippen MR) is 109 cm³/mol. The van der Waals surface area contributed by atoms with Crippen LogP contribution in [0.2, 0.25) is 0 Å².